The Labute approximate surface area is 186 Å². The van der Waals surface area contributed by atoms with Crippen molar-refractivity contribution in [1.82, 2.24) is 0 Å². The highest BCUT2D eigenvalue weighted by molar-refractivity contribution is 9.10. The lowest BCUT2D eigenvalue weighted by molar-refractivity contribution is -0.137. The van der Waals surface area contributed by atoms with Crippen LogP contribution in [0.5, 0.6) is 0 Å². The van der Waals surface area contributed by atoms with Gasteiger partial charge in [0.2, 0.25) is 6.43 Å². The van der Waals surface area contributed by atoms with Gasteiger partial charge in [-0.3, -0.25) is 0 Å². The van der Waals surface area contributed by atoms with E-state index >= 15 is 0 Å². The zero-order chi connectivity index (χ0) is 22.8. The standard InChI is InChI=1S/C20H10BrCl2F6N/c1-9(8-30)12-3-2-10(4-14(12)20(27,28)29)17(24)7-13(19(25)26)11-5-15(22)18(21)16(23)6-11/h2-7,13,19H,1H2/b17-7-. The summed E-state index contributed by atoms with van der Waals surface area (Å²) in [6, 6.07) is 6.05. The molecule has 0 aliphatic rings. The fraction of sp³-hybridized carbons (Fsp3) is 0.150. The van der Waals surface area contributed by atoms with Gasteiger partial charge in [0, 0.05) is 11.1 Å². The van der Waals surface area contributed by atoms with Crippen LogP contribution in [0.25, 0.3) is 11.4 Å². The number of allylic oxidation sites excluding steroid dienone is 2. The summed E-state index contributed by atoms with van der Waals surface area (Å²) in [5.74, 6) is -3.13. The van der Waals surface area contributed by atoms with Gasteiger partial charge >= 0.3 is 6.18 Å². The van der Waals surface area contributed by atoms with Crippen LogP contribution in [0.2, 0.25) is 10.0 Å². The Morgan fingerprint density at radius 3 is 2.17 bits per heavy atom. The molecule has 0 radical (unpaired) electrons. The summed E-state index contributed by atoms with van der Waals surface area (Å²) in [6.45, 7) is 3.23. The molecule has 0 heterocycles. The SMILES string of the molecule is C=C(C#N)c1ccc(/C(F)=C/C(c2cc(Cl)c(Br)c(Cl)c2)C(F)F)cc1C(F)(F)F. The molecular formula is C20H10BrCl2F6N. The minimum Gasteiger partial charge on any atom is -0.209 e. The van der Waals surface area contributed by atoms with Crippen molar-refractivity contribution >= 4 is 50.5 Å². The zero-order valence-electron chi connectivity index (χ0n) is 14.7. The Kier molecular flexibility index (Phi) is 7.67. The average molecular weight is 529 g/mol. The fourth-order valence-corrected chi connectivity index (χ4v) is 3.32. The molecule has 10 heteroatoms. The lowest BCUT2D eigenvalue weighted by Gasteiger charge is -2.16. The molecule has 0 spiro atoms. The normalized spacial score (nSPS) is 13.3. The quantitative estimate of drug-likeness (QED) is 0.216. The number of alkyl halides is 5. The van der Waals surface area contributed by atoms with Gasteiger partial charge in [0.15, 0.2) is 0 Å². The first-order valence-corrected chi connectivity index (χ1v) is 9.52. The second-order valence-corrected chi connectivity index (χ2v) is 7.63. The molecule has 1 unspecified atom stereocenters. The van der Waals surface area contributed by atoms with E-state index in [-0.39, 0.29) is 20.1 Å². The Morgan fingerprint density at radius 1 is 1.13 bits per heavy atom. The Hall–Kier alpha value is -1.95. The monoisotopic (exact) mass is 527 g/mol. The molecule has 0 amide bonds. The molecule has 0 aromatic heterocycles. The van der Waals surface area contributed by atoms with Crippen molar-refractivity contribution < 1.29 is 26.3 Å². The van der Waals surface area contributed by atoms with Crippen LogP contribution in [0.4, 0.5) is 26.3 Å². The number of hydrogen-bond acceptors (Lipinski definition) is 1. The van der Waals surface area contributed by atoms with E-state index in [0.717, 1.165) is 24.3 Å². The van der Waals surface area contributed by atoms with Gasteiger partial charge < -0.3 is 0 Å². The fourth-order valence-electron chi connectivity index (χ4n) is 2.59. The minimum absolute atomic E-state index is 0.00989. The highest BCUT2D eigenvalue weighted by Crippen LogP contribution is 2.39. The second-order valence-electron chi connectivity index (χ2n) is 6.02. The summed E-state index contributed by atoms with van der Waals surface area (Å²) in [5, 5.41) is 8.84. The third kappa shape index (κ3) is 5.39. The molecule has 1 atom stereocenters. The van der Waals surface area contributed by atoms with Gasteiger partial charge in [-0.15, -0.1) is 0 Å². The van der Waals surface area contributed by atoms with Gasteiger partial charge in [-0.2, -0.15) is 18.4 Å². The van der Waals surface area contributed by atoms with Gasteiger partial charge in [-0.25, -0.2) is 13.2 Å². The number of nitriles is 1. The third-order valence-corrected chi connectivity index (χ3v) is 5.96. The first kappa shape index (κ1) is 24.3. The largest absolute Gasteiger partial charge is 0.417 e. The summed E-state index contributed by atoms with van der Waals surface area (Å²) in [5.41, 5.74) is -3.01. The van der Waals surface area contributed by atoms with E-state index < -0.39 is 46.6 Å². The van der Waals surface area contributed by atoms with Crippen LogP contribution >= 0.6 is 39.1 Å². The molecule has 2 rings (SSSR count). The highest BCUT2D eigenvalue weighted by atomic mass is 79.9. The minimum atomic E-state index is -4.92. The maximum absolute atomic E-state index is 14.7. The molecule has 158 valence electrons. The van der Waals surface area contributed by atoms with Crippen molar-refractivity contribution in [3.63, 3.8) is 0 Å². The molecule has 2 aromatic carbocycles. The van der Waals surface area contributed by atoms with Gasteiger partial charge in [0.25, 0.3) is 0 Å². The molecule has 2 aromatic rings. The van der Waals surface area contributed by atoms with Gasteiger partial charge in [-0.05, 0) is 45.8 Å². The van der Waals surface area contributed by atoms with Crippen LogP contribution in [0.1, 0.15) is 28.2 Å². The third-order valence-electron chi connectivity index (χ3n) is 4.05. The molecule has 30 heavy (non-hydrogen) atoms. The lowest BCUT2D eigenvalue weighted by atomic mass is 9.95. The van der Waals surface area contributed by atoms with Crippen LogP contribution < -0.4 is 0 Å². The Balaban J connectivity index is 2.58. The molecule has 0 saturated carbocycles. The number of rotatable bonds is 5. The molecular weight excluding hydrogens is 519 g/mol. The summed E-state index contributed by atoms with van der Waals surface area (Å²) in [7, 11) is 0. The van der Waals surface area contributed by atoms with Gasteiger partial charge in [0.1, 0.15) is 5.83 Å². The summed E-state index contributed by atoms with van der Waals surface area (Å²) < 4.78 is 82.1. The van der Waals surface area contributed by atoms with Crippen molar-refractivity contribution in [3.05, 3.63) is 79.8 Å². The van der Waals surface area contributed by atoms with E-state index in [2.05, 4.69) is 22.5 Å². The maximum Gasteiger partial charge on any atom is 0.417 e. The molecule has 0 fully saturated rings. The van der Waals surface area contributed by atoms with Crippen molar-refractivity contribution in [2.45, 2.75) is 18.5 Å². The number of nitrogens with zero attached hydrogens (tertiary/aromatic N) is 1. The number of benzene rings is 2. The topological polar surface area (TPSA) is 23.8 Å². The van der Waals surface area contributed by atoms with E-state index in [1.807, 2.05) is 0 Å². The first-order chi connectivity index (χ1) is 13.9. The molecule has 0 aliphatic carbocycles. The van der Waals surface area contributed by atoms with Crippen LogP contribution in [0.3, 0.4) is 0 Å². The zero-order valence-corrected chi connectivity index (χ0v) is 17.8. The molecule has 1 nitrogen and oxygen atoms in total. The molecule has 0 aliphatic heterocycles. The number of halogens is 9. The van der Waals surface area contributed by atoms with Crippen molar-refractivity contribution in [3.8, 4) is 6.07 Å². The molecule has 0 bridgehead atoms. The van der Waals surface area contributed by atoms with Crippen LogP contribution in [-0.4, -0.2) is 6.43 Å². The van der Waals surface area contributed by atoms with Crippen LogP contribution in [0.15, 0.2) is 47.5 Å². The average Bonchev–Trinajstić information content (AvgIpc) is 2.67. The maximum atomic E-state index is 14.7. The van der Waals surface area contributed by atoms with Crippen LogP contribution in [0, 0.1) is 11.3 Å². The summed E-state index contributed by atoms with van der Waals surface area (Å²) >= 11 is 14.9. The molecule has 0 saturated heterocycles. The van der Waals surface area contributed by atoms with Gasteiger partial charge in [0.05, 0.1) is 37.6 Å². The van der Waals surface area contributed by atoms with Crippen molar-refractivity contribution in [1.29, 1.82) is 5.26 Å². The van der Waals surface area contributed by atoms with Crippen molar-refractivity contribution in [2.24, 2.45) is 0 Å². The second kappa shape index (κ2) is 9.46. The number of hydrogen-bond donors (Lipinski definition) is 0. The van der Waals surface area contributed by atoms with E-state index in [0.29, 0.717) is 12.1 Å². The smallest absolute Gasteiger partial charge is 0.209 e. The lowest BCUT2D eigenvalue weighted by Crippen LogP contribution is -2.10. The van der Waals surface area contributed by atoms with Crippen LogP contribution in [-0.2, 0) is 6.18 Å². The Bertz CT molecular complexity index is 1030. The van der Waals surface area contributed by atoms with Crippen molar-refractivity contribution in [2.75, 3.05) is 0 Å². The molecule has 0 N–H and O–H groups in total. The van der Waals surface area contributed by atoms with E-state index in [9.17, 15) is 26.3 Å². The summed E-state index contributed by atoms with van der Waals surface area (Å²) in [6.07, 6.45) is -7.52. The first-order valence-electron chi connectivity index (χ1n) is 7.97. The summed E-state index contributed by atoms with van der Waals surface area (Å²) in [4.78, 5) is 0. The van der Waals surface area contributed by atoms with E-state index in [4.69, 9.17) is 28.5 Å². The van der Waals surface area contributed by atoms with Gasteiger partial charge in [-0.1, -0.05) is 41.9 Å². The predicted octanol–water partition coefficient (Wildman–Crippen LogP) is 8.67. The highest BCUT2D eigenvalue weighted by Gasteiger charge is 2.34. The van der Waals surface area contributed by atoms with E-state index in [1.165, 1.54) is 6.07 Å². The predicted molar refractivity (Wildman–Crippen MR) is 108 cm³/mol. The Morgan fingerprint density at radius 2 is 1.70 bits per heavy atom. The van der Waals surface area contributed by atoms with E-state index in [1.54, 1.807) is 0 Å².